The fourth-order valence-electron chi connectivity index (χ4n) is 2.24. The van der Waals surface area contributed by atoms with E-state index in [1.165, 1.54) is 5.75 Å². The molecule has 0 aromatic heterocycles. The molecule has 2 aliphatic heterocycles. The van der Waals surface area contributed by atoms with Crippen molar-refractivity contribution < 1.29 is 9.53 Å². The highest BCUT2D eigenvalue weighted by Crippen LogP contribution is 2.21. The van der Waals surface area contributed by atoms with Gasteiger partial charge in [-0.05, 0) is 20.8 Å². The van der Waals surface area contributed by atoms with E-state index in [1.807, 2.05) is 37.4 Å². The monoisotopic (exact) mass is 258 g/mol. The van der Waals surface area contributed by atoms with E-state index in [0.717, 1.165) is 31.9 Å². The van der Waals surface area contributed by atoms with Crippen LogP contribution in [-0.2, 0) is 4.74 Å². The molecule has 98 valence electrons. The smallest absolute Gasteiger partial charge is 0.410 e. The summed E-state index contributed by atoms with van der Waals surface area (Å²) in [6.45, 7) is 9.52. The summed E-state index contributed by atoms with van der Waals surface area (Å²) < 4.78 is 5.42. The first kappa shape index (κ1) is 13.0. The molecule has 2 fully saturated rings. The molecular weight excluding hydrogens is 236 g/mol. The van der Waals surface area contributed by atoms with Gasteiger partial charge in [-0.3, -0.25) is 4.90 Å². The number of hydrogen-bond acceptors (Lipinski definition) is 4. The molecule has 4 nitrogen and oxygen atoms in total. The van der Waals surface area contributed by atoms with Gasteiger partial charge >= 0.3 is 6.09 Å². The summed E-state index contributed by atoms with van der Waals surface area (Å²) >= 11 is 1.99. The molecule has 2 rings (SSSR count). The summed E-state index contributed by atoms with van der Waals surface area (Å²) in [6.07, 6.45) is -0.160. The Hall–Kier alpha value is -0.420. The molecule has 2 aliphatic rings. The van der Waals surface area contributed by atoms with Gasteiger partial charge in [-0.15, -0.1) is 0 Å². The van der Waals surface area contributed by atoms with Crippen LogP contribution in [0.3, 0.4) is 0 Å². The molecule has 1 unspecified atom stereocenters. The lowest BCUT2D eigenvalue weighted by Gasteiger charge is -2.43. The normalized spacial score (nSPS) is 26.5. The Morgan fingerprint density at radius 1 is 1.29 bits per heavy atom. The van der Waals surface area contributed by atoms with Crippen molar-refractivity contribution in [2.24, 2.45) is 0 Å². The second-order valence-electron chi connectivity index (χ2n) is 5.69. The van der Waals surface area contributed by atoms with Crippen LogP contribution in [0.15, 0.2) is 0 Å². The summed E-state index contributed by atoms with van der Waals surface area (Å²) in [7, 11) is 0. The van der Waals surface area contributed by atoms with Gasteiger partial charge in [0.25, 0.3) is 0 Å². The van der Waals surface area contributed by atoms with Crippen LogP contribution >= 0.6 is 11.8 Å². The van der Waals surface area contributed by atoms with Crippen LogP contribution < -0.4 is 0 Å². The van der Waals surface area contributed by atoms with E-state index in [1.54, 1.807) is 0 Å². The minimum Gasteiger partial charge on any atom is -0.444 e. The first-order valence-electron chi connectivity index (χ1n) is 6.25. The molecule has 17 heavy (non-hydrogen) atoms. The van der Waals surface area contributed by atoms with Gasteiger partial charge in [0.15, 0.2) is 0 Å². The molecule has 1 amide bonds. The molecular formula is C12H22N2O2S. The summed E-state index contributed by atoms with van der Waals surface area (Å²) in [4.78, 5) is 16.3. The van der Waals surface area contributed by atoms with Crippen molar-refractivity contribution in [1.29, 1.82) is 0 Å². The number of rotatable bonds is 0. The standard InChI is InChI=1S/C12H22N2O2S/c1-12(2,3)16-11(15)14-5-4-13-6-7-17-9-10(13)8-14/h10H,4-9H2,1-3H3. The molecule has 0 spiro atoms. The number of thioether (sulfide) groups is 1. The summed E-state index contributed by atoms with van der Waals surface area (Å²) in [5.41, 5.74) is -0.393. The van der Waals surface area contributed by atoms with Crippen molar-refractivity contribution in [3.8, 4) is 0 Å². The summed E-state index contributed by atoms with van der Waals surface area (Å²) in [5, 5.41) is 0. The molecule has 0 aliphatic carbocycles. The van der Waals surface area contributed by atoms with E-state index in [4.69, 9.17) is 4.74 Å². The highest BCUT2D eigenvalue weighted by Gasteiger charge is 2.33. The fraction of sp³-hybridized carbons (Fsp3) is 0.917. The average Bonchev–Trinajstić information content (AvgIpc) is 2.26. The van der Waals surface area contributed by atoms with Crippen molar-refractivity contribution in [2.75, 3.05) is 37.7 Å². The Morgan fingerprint density at radius 3 is 2.76 bits per heavy atom. The molecule has 0 bridgehead atoms. The first-order valence-corrected chi connectivity index (χ1v) is 7.41. The van der Waals surface area contributed by atoms with Gasteiger partial charge in [0.2, 0.25) is 0 Å². The number of amides is 1. The van der Waals surface area contributed by atoms with Crippen molar-refractivity contribution in [2.45, 2.75) is 32.4 Å². The maximum Gasteiger partial charge on any atom is 0.410 e. The van der Waals surface area contributed by atoms with E-state index in [9.17, 15) is 4.79 Å². The van der Waals surface area contributed by atoms with Crippen LogP contribution in [0.2, 0.25) is 0 Å². The summed E-state index contributed by atoms with van der Waals surface area (Å²) in [5.74, 6) is 2.36. The highest BCUT2D eigenvalue weighted by molar-refractivity contribution is 7.99. The highest BCUT2D eigenvalue weighted by atomic mass is 32.2. The Labute approximate surface area is 108 Å². The van der Waals surface area contributed by atoms with Gasteiger partial charge in [0, 0.05) is 43.7 Å². The molecule has 0 aromatic carbocycles. The van der Waals surface area contributed by atoms with Gasteiger partial charge in [-0.1, -0.05) is 0 Å². The summed E-state index contributed by atoms with van der Waals surface area (Å²) in [6, 6.07) is 0.523. The van der Waals surface area contributed by atoms with Crippen molar-refractivity contribution >= 4 is 17.9 Å². The molecule has 0 aromatic rings. The maximum absolute atomic E-state index is 12.0. The molecule has 2 heterocycles. The average molecular weight is 258 g/mol. The van der Waals surface area contributed by atoms with Crippen LogP contribution in [0.1, 0.15) is 20.8 Å². The topological polar surface area (TPSA) is 32.8 Å². The van der Waals surface area contributed by atoms with Crippen molar-refractivity contribution in [3.63, 3.8) is 0 Å². The number of fused-ring (bicyclic) bond motifs is 1. The number of hydrogen-bond donors (Lipinski definition) is 0. The number of carbonyl (C=O) groups is 1. The predicted molar refractivity (Wildman–Crippen MR) is 70.5 cm³/mol. The minimum atomic E-state index is -0.393. The van der Waals surface area contributed by atoms with Crippen LogP contribution in [-0.4, -0.2) is 65.2 Å². The third kappa shape index (κ3) is 3.52. The van der Waals surface area contributed by atoms with Gasteiger partial charge < -0.3 is 9.64 Å². The molecule has 5 heteroatoms. The van der Waals surface area contributed by atoms with Crippen molar-refractivity contribution in [1.82, 2.24) is 9.80 Å². The molecule has 2 saturated heterocycles. The Bertz CT molecular complexity index is 291. The van der Waals surface area contributed by atoms with E-state index in [-0.39, 0.29) is 6.09 Å². The van der Waals surface area contributed by atoms with Gasteiger partial charge in [-0.2, -0.15) is 11.8 Å². The Balaban J connectivity index is 1.89. The van der Waals surface area contributed by atoms with E-state index < -0.39 is 5.60 Å². The molecule has 0 saturated carbocycles. The third-order valence-corrected chi connectivity index (χ3v) is 4.18. The zero-order valence-electron chi connectivity index (χ0n) is 10.9. The second-order valence-corrected chi connectivity index (χ2v) is 6.84. The lowest BCUT2D eigenvalue weighted by Crippen LogP contribution is -2.58. The Kier molecular flexibility index (Phi) is 3.88. The van der Waals surface area contributed by atoms with Gasteiger partial charge in [0.1, 0.15) is 5.60 Å². The minimum absolute atomic E-state index is 0.160. The van der Waals surface area contributed by atoms with E-state index in [2.05, 4.69) is 4.90 Å². The maximum atomic E-state index is 12.0. The fourth-order valence-corrected chi connectivity index (χ4v) is 3.36. The third-order valence-electron chi connectivity index (χ3n) is 3.09. The van der Waals surface area contributed by atoms with Gasteiger partial charge in [-0.25, -0.2) is 4.79 Å². The Morgan fingerprint density at radius 2 is 2.06 bits per heavy atom. The van der Waals surface area contributed by atoms with Gasteiger partial charge in [0.05, 0.1) is 0 Å². The molecule has 1 atom stereocenters. The number of carbonyl (C=O) groups excluding carboxylic acids is 1. The number of nitrogens with zero attached hydrogens (tertiary/aromatic N) is 2. The van der Waals surface area contributed by atoms with E-state index in [0.29, 0.717) is 6.04 Å². The van der Waals surface area contributed by atoms with Crippen LogP contribution in [0, 0.1) is 0 Å². The van der Waals surface area contributed by atoms with Crippen molar-refractivity contribution in [3.05, 3.63) is 0 Å². The second kappa shape index (κ2) is 5.06. The number of piperazine rings is 1. The largest absolute Gasteiger partial charge is 0.444 e. The quantitative estimate of drug-likeness (QED) is 0.661. The first-order chi connectivity index (χ1) is 7.96. The lowest BCUT2D eigenvalue weighted by atomic mass is 10.2. The molecule has 0 N–H and O–H groups in total. The predicted octanol–water partition coefficient (Wildman–Crippen LogP) is 1.65. The van der Waals surface area contributed by atoms with Crippen LogP contribution in [0.5, 0.6) is 0 Å². The number of ether oxygens (including phenoxy) is 1. The zero-order valence-corrected chi connectivity index (χ0v) is 11.8. The van der Waals surface area contributed by atoms with Crippen LogP contribution in [0.4, 0.5) is 4.79 Å². The SMILES string of the molecule is CC(C)(C)OC(=O)N1CCN2CCSCC2C1. The van der Waals surface area contributed by atoms with E-state index >= 15 is 0 Å². The van der Waals surface area contributed by atoms with Crippen LogP contribution in [0.25, 0.3) is 0 Å². The zero-order chi connectivity index (χ0) is 12.5. The molecule has 0 radical (unpaired) electrons. The lowest BCUT2D eigenvalue weighted by molar-refractivity contribution is 0.00662.